The van der Waals surface area contributed by atoms with Gasteiger partial charge in [0.1, 0.15) is 36.8 Å². The number of fused-ring (bicyclic) bond motifs is 1. The number of aliphatic hydroxyl groups excluding tert-OH is 4. The number of hydrogen-bond acceptors (Lipinski definition) is 11. The molecule has 37 heavy (non-hydrogen) atoms. The number of carbonyl (C=O) groups excluding carboxylic acids is 1. The molecule has 9 atom stereocenters. The van der Waals surface area contributed by atoms with Gasteiger partial charge in [-0.25, -0.2) is 9.59 Å². The monoisotopic (exact) mass is 520 g/mol. The number of ether oxygens (including phenoxy) is 4. The van der Waals surface area contributed by atoms with Gasteiger partial charge in [0.15, 0.2) is 6.29 Å². The van der Waals surface area contributed by atoms with Crippen molar-refractivity contribution in [3.05, 3.63) is 59.9 Å². The number of aliphatic carboxylic acids is 1. The predicted molar refractivity (Wildman–Crippen MR) is 123 cm³/mol. The third-order valence-corrected chi connectivity index (χ3v) is 6.67. The summed E-state index contributed by atoms with van der Waals surface area (Å²) in [6.45, 7) is 3.32. The number of benzene rings is 1. The fraction of sp³-hybridized carbons (Fsp3) is 0.440. The summed E-state index contributed by atoms with van der Waals surface area (Å²) in [7, 11) is 0. The average Bonchev–Trinajstić information content (AvgIpc) is 3.17. The molecule has 2 aliphatic heterocycles. The number of aromatic hydroxyl groups is 1. The molecule has 200 valence electrons. The first-order chi connectivity index (χ1) is 17.6. The highest BCUT2D eigenvalue weighted by atomic mass is 16.8. The topological polar surface area (TPSA) is 192 Å². The van der Waals surface area contributed by atoms with Crippen molar-refractivity contribution < 1.29 is 59.2 Å². The molecule has 4 rings (SSSR count). The summed E-state index contributed by atoms with van der Waals surface area (Å²) in [6.07, 6.45) is -6.43. The minimum Gasteiger partial charge on any atom is -0.508 e. The molecule has 2 fully saturated rings. The molecule has 1 aliphatic carbocycles. The smallest absolute Gasteiger partial charge is 0.334 e. The number of phenolic OH excluding ortho intramolecular Hbond substituents is 1. The highest BCUT2D eigenvalue weighted by Crippen LogP contribution is 2.46. The van der Waals surface area contributed by atoms with Crippen molar-refractivity contribution in [3.8, 4) is 5.75 Å². The van der Waals surface area contributed by atoms with Crippen LogP contribution in [0.4, 0.5) is 0 Å². The number of aliphatic hydroxyl groups is 4. The van der Waals surface area contributed by atoms with Crippen molar-refractivity contribution in [2.45, 2.75) is 49.5 Å². The van der Waals surface area contributed by atoms with Crippen LogP contribution in [-0.4, -0.2) is 92.3 Å². The number of phenols is 1. The maximum atomic E-state index is 12.1. The molecule has 0 aromatic heterocycles. The first-order valence-corrected chi connectivity index (χ1v) is 11.5. The van der Waals surface area contributed by atoms with E-state index in [0.29, 0.717) is 11.1 Å². The van der Waals surface area contributed by atoms with Gasteiger partial charge < -0.3 is 49.6 Å². The SMILES string of the molecule is C=C1[C@H]2[C@H](O[C@H]3O[C@H](COC(=O)C=Cc4ccc(O)cc4)[C@@H](O)[C@H](O)[C@H]3O)OC=C(C(=O)O)[C@H]2C[C@@H]1O. The van der Waals surface area contributed by atoms with Gasteiger partial charge >= 0.3 is 11.9 Å². The van der Waals surface area contributed by atoms with E-state index in [9.17, 15) is 40.2 Å². The lowest BCUT2D eigenvalue weighted by Crippen LogP contribution is -2.60. The Morgan fingerprint density at radius 2 is 1.76 bits per heavy atom. The summed E-state index contributed by atoms with van der Waals surface area (Å²) >= 11 is 0. The Morgan fingerprint density at radius 3 is 2.43 bits per heavy atom. The van der Waals surface area contributed by atoms with Gasteiger partial charge in [0, 0.05) is 12.0 Å². The largest absolute Gasteiger partial charge is 0.508 e. The third kappa shape index (κ3) is 5.69. The van der Waals surface area contributed by atoms with Crippen LogP contribution in [0.15, 0.2) is 54.3 Å². The Kier molecular flexibility index (Phi) is 7.97. The second-order valence-electron chi connectivity index (χ2n) is 9.05. The van der Waals surface area contributed by atoms with E-state index in [1.165, 1.54) is 18.2 Å². The van der Waals surface area contributed by atoms with Crippen LogP contribution in [-0.2, 0) is 28.5 Å². The van der Waals surface area contributed by atoms with E-state index in [1.807, 2.05) is 0 Å². The molecule has 0 unspecified atom stereocenters. The van der Waals surface area contributed by atoms with Gasteiger partial charge in [-0.05, 0) is 35.8 Å². The second kappa shape index (κ2) is 11.0. The van der Waals surface area contributed by atoms with Gasteiger partial charge in [0.2, 0.25) is 6.29 Å². The van der Waals surface area contributed by atoms with E-state index in [1.54, 1.807) is 12.1 Å². The maximum absolute atomic E-state index is 12.1. The minimum absolute atomic E-state index is 0.0618. The number of hydrogen-bond donors (Lipinski definition) is 6. The first-order valence-electron chi connectivity index (χ1n) is 11.5. The summed E-state index contributed by atoms with van der Waals surface area (Å²) in [6, 6.07) is 6.05. The number of esters is 1. The van der Waals surface area contributed by atoms with Crippen molar-refractivity contribution >= 4 is 18.0 Å². The number of carboxylic acid groups (broad SMARTS) is 1. The molecule has 0 spiro atoms. The fourth-order valence-corrected chi connectivity index (χ4v) is 4.60. The van der Waals surface area contributed by atoms with Gasteiger partial charge in [-0.2, -0.15) is 0 Å². The van der Waals surface area contributed by atoms with E-state index >= 15 is 0 Å². The van der Waals surface area contributed by atoms with Crippen LogP contribution in [0.1, 0.15) is 12.0 Å². The molecule has 1 saturated heterocycles. The molecule has 0 radical (unpaired) electrons. The van der Waals surface area contributed by atoms with Gasteiger partial charge in [0.25, 0.3) is 0 Å². The van der Waals surface area contributed by atoms with Crippen LogP contribution >= 0.6 is 0 Å². The molecule has 3 aliphatic rings. The van der Waals surface area contributed by atoms with Crippen molar-refractivity contribution in [2.75, 3.05) is 6.61 Å². The Bertz CT molecular complexity index is 1080. The van der Waals surface area contributed by atoms with Crippen LogP contribution in [0.5, 0.6) is 5.75 Å². The van der Waals surface area contributed by atoms with Crippen LogP contribution in [0, 0.1) is 11.8 Å². The van der Waals surface area contributed by atoms with E-state index < -0.39 is 73.5 Å². The van der Waals surface area contributed by atoms with Crippen molar-refractivity contribution in [2.24, 2.45) is 11.8 Å². The van der Waals surface area contributed by atoms with Gasteiger partial charge in [-0.15, -0.1) is 0 Å². The summed E-state index contributed by atoms with van der Waals surface area (Å²) in [5.74, 6) is -3.35. The minimum atomic E-state index is -1.73. The second-order valence-corrected chi connectivity index (χ2v) is 9.05. The summed E-state index contributed by atoms with van der Waals surface area (Å²) in [5.41, 5.74) is 0.854. The summed E-state index contributed by atoms with van der Waals surface area (Å²) in [5, 5.41) is 60.1. The zero-order valence-corrected chi connectivity index (χ0v) is 19.5. The van der Waals surface area contributed by atoms with Gasteiger partial charge in [-0.3, -0.25) is 0 Å². The summed E-state index contributed by atoms with van der Waals surface area (Å²) in [4.78, 5) is 23.7. The lowest BCUT2D eigenvalue weighted by molar-refractivity contribution is -0.339. The first kappa shape index (κ1) is 26.8. The Hall–Kier alpha value is -3.26. The lowest BCUT2D eigenvalue weighted by Gasteiger charge is -2.42. The number of carbonyl (C=O) groups is 2. The molecule has 1 aromatic rings. The Morgan fingerprint density at radius 1 is 1.05 bits per heavy atom. The molecule has 1 aromatic carbocycles. The van der Waals surface area contributed by atoms with Crippen LogP contribution in [0.25, 0.3) is 6.08 Å². The molecule has 2 heterocycles. The van der Waals surface area contributed by atoms with E-state index in [0.717, 1.165) is 12.3 Å². The van der Waals surface area contributed by atoms with Gasteiger partial charge in [0.05, 0.1) is 23.9 Å². The zero-order valence-electron chi connectivity index (χ0n) is 19.5. The standard InChI is InChI=1S/C25H28O12/c1-11-16(27)8-14-15(23(32)33)9-35-24(19(11)14)37-25-22(31)21(30)20(29)17(36-25)10-34-18(28)7-4-12-2-5-13(26)6-3-12/h2-7,9,14,16-17,19-22,24-27,29-31H,1,8,10H2,(H,32,33)/t14-,16+,17-,19-,20-,21+,22-,24+,25-/m1/s1. The highest BCUT2D eigenvalue weighted by Gasteiger charge is 2.52. The highest BCUT2D eigenvalue weighted by molar-refractivity contribution is 5.87. The van der Waals surface area contributed by atoms with E-state index in [-0.39, 0.29) is 17.7 Å². The van der Waals surface area contributed by atoms with Crippen molar-refractivity contribution in [1.29, 1.82) is 0 Å². The number of carboxylic acids is 1. The Labute approximate surface area is 211 Å². The maximum Gasteiger partial charge on any atom is 0.334 e. The fourth-order valence-electron chi connectivity index (χ4n) is 4.60. The van der Waals surface area contributed by atoms with Crippen LogP contribution in [0.3, 0.4) is 0 Å². The van der Waals surface area contributed by atoms with Crippen molar-refractivity contribution in [3.63, 3.8) is 0 Å². The third-order valence-electron chi connectivity index (χ3n) is 6.67. The van der Waals surface area contributed by atoms with Gasteiger partial charge in [-0.1, -0.05) is 18.7 Å². The molecule has 1 saturated carbocycles. The summed E-state index contributed by atoms with van der Waals surface area (Å²) < 4.78 is 21.8. The Balaban J connectivity index is 1.40. The lowest BCUT2D eigenvalue weighted by atomic mass is 9.85. The normalized spacial score (nSPS) is 35.5. The van der Waals surface area contributed by atoms with Crippen molar-refractivity contribution in [1.82, 2.24) is 0 Å². The van der Waals surface area contributed by atoms with E-state index in [2.05, 4.69) is 6.58 Å². The molecule has 12 nitrogen and oxygen atoms in total. The molecular weight excluding hydrogens is 492 g/mol. The van der Waals surface area contributed by atoms with Crippen LogP contribution < -0.4 is 0 Å². The molecule has 12 heteroatoms. The molecule has 0 amide bonds. The van der Waals surface area contributed by atoms with Crippen LogP contribution in [0.2, 0.25) is 0 Å². The molecule has 0 bridgehead atoms. The molecule has 6 N–H and O–H groups in total. The zero-order chi connectivity index (χ0) is 26.9. The average molecular weight is 520 g/mol. The predicted octanol–water partition coefficient (Wildman–Crippen LogP) is -0.349. The van der Waals surface area contributed by atoms with E-state index in [4.69, 9.17) is 18.9 Å². The molecular formula is C25H28O12. The number of rotatable bonds is 7. The quantitative estimate of drug-likeness (QED) is 0.156.